The number of anilines is 1. The molecule has 1 amide bonds. The number of carbonyl (C=O) groups excluding carboxylic acids is 1. The van der Waals surface area contributed by atoms with Crippen molar-refractivity contribution in [2.45, 2.75) is 31.1 Å². The van der Waals surface area contributed by atoms with Crippen molar-refractivity contribution < 1.29 is 23.9 Å². The highest BCUT2D eigenvalue weighted by molar-refractivity contribution is 5.86. The molecule has 182 valence electrons. The minimum atomic E-state index is -2.81. The van der Waals surface area contributed by atoms with Crippen LogP contribution in [0.15, 0.2) is 55.1 Å². The van der Waals surface area contributed by atoms with Crippen molar-refractivity contribution in [3.8, 4) is 17.5 Å². The zero-order valence-electron chi connectivity index (χ0n) is 21.6. The standard InChI is InChI=1S/C24H22N8O4/c1-26-23(35)19-17(33)18(34)24(36-19)32-12-29-16-21(28-10-13-5-3-2-4-6-13)30-20(31-22(16)32)15-11-27-8-7-14(15)9-25/h2-8,11-12,17-19,24,33-34H,10H2,1H3,(H,26,35)(H,28,30,31)/t17-,18+,19-,24+/m0/s1/i1D3. The maximum atomic E-state index is 12.4. The van der Waals surface area contributed by atoms with Gasteiger partial charge in [0.2, 0.25) is 0 Å². The first-order chi connectivity index (χ1) is 18.7. The maximum Gasteiger partial charge on any atom is 0.251 e. The molecule has 4 aromatic rings. The highest BCUT2D eigenvalue weighted by Crippen LogP contribution is 2.34. The first kappa shape index (κ1) is 19.8. The summed E-state index contributed by atoms with van der Waals surface area (Å²) >= 11 is 0. The largest absolute Gasteiger partial charge is 0.387 e. The van der Waals surface area contributed by atoms with Crippen molar-refractivity contribution in [1.82, 2.24) is 29.8 Å². The van der Waals surface area contributed by atoms with Gasteiger partial charge in [-0.2, -0.15) is 5.26 Å². The van der Waals surface area contributed by atoms with Gasteiger partial charge in [-0.1, -0.05) is 30.3 Å². The SMILES string of the molecule is [2H]C([2H])([2H])NC(=O)[C@H]1O[C@@H](n2cnc3c(NCc4ccccc4)nc(-c4cnccc4C#N)nc32)[C@H](O)[C@@H]1O. The van der Waals surface area contributed by atoms with Crippen molar-refractivity contribution in [3.05, 3.63) is 66.2 Å². The number of nitrogens with one attached hydrogen (secondary N) is 2. The molecule has 1 saturated heterocycles. The highest BCUT2D eigenvalue weighted by atomic mass is 16.6. The van der Waals surface area contributed by atoms with Crippen LogP contribution in [-0.4, -0.2) is 65.9 Å². The number of aliphatic hydroxyl groups excluding tert-OH is 2. The van der Waals surface area contributed by atoms with E-state index in [1.54, 1.807) is 5.32 Å². The van der Waals surface area contributed by atoms with Crippen molar-refractivity contribution in [1.29, 1.82) is 5.26 Å². The Hall–Kier alpha value is -4.44. The van der Waals surface area contributed by atoms with E-state index in [9.17, 15) is 20.3 Å². The number of rotatable bonds is 6. The molecule has 0 aliphatic carbocycles. The number of hydrogen-bond donors (Lipinski definition) is 4. The molecule has 12 nitrogen and oxygen atoms in total. The number of aliphatic hydroxyl groups is 2. The van der Waals surface area contributed by atoms with Gasteiger partial charge in [0.25, 0.3) is 5.91 Å². The van der Waals surface area contributed by atoms with E-state index >= 15 is 0 Å². The van der Waals surface area contributed by atoms with Crippen molar-refractivity contribution in [2.24, 2.45) is 0 Å². The molecule has 1 aromatic carbocycles. The van der Waals surface area contributed by atoms with Crippen LogP contribution >= 0.6 is 0 Å². The normalized spacial score (nSPS) is 22.9. The van der Waals surface area contributed by atoms with E-state index < -0.39 is 37.4 Å². The molecule has 1 aliphatic rings. The van der Waals surface area contributed by atoms with Crippen LogP contribution in [0.5, 0.6) is 0 Å². The average molecular weight is 490 g/mol. The highest BCUT2D eigenvalue weighted by Gasteiger charge is 2.47. The van der Waals surface area contributed by atoms with E-state index in [0.29, 0.717) is 17.9 Å². The predicted octanol–water partition coefficient (Wildman–Crippen LogP) is 0.737. The van der Waals surface area contributed by atoms with E-state index in [1.165, 1.54) is 29.4 Å². The Morgan fingerprint density at radius 2 is 2.08 bits per heavy atom. The summed E-state index contributed by atoms with van der Waals surface area (Å²) in [4.78, 5) is 30.0. The van der Waals surface area contributed by atoms with Gasteiger partial charge in [-0.3, -0.25) is 14.3 Å². The molecule has 4 heterocycles. The zero-order chi connectivity index (χ0) is 27.7. The number of imidazole rings is 1. The molecule has 0 saturated carbocycles. The Bertz CT molecular complexity index is 1560. The van der Waals surface area contributed by atoms with E-state index in [0.717, 1.165) is 5.56 Å². The van der Waals surface area contributed by atoms with Crippen LogP contribution in [0.4, 0.5) is 5.82 Å². The monoisotopic (exact) mass is 489 g/mol. The third-order valence-electron chi connectivity index (χ3n) is 5.80. The van der Waals surface area contributed by atoms with Gasteiger partial charge >= 0.3 is 0 Å². The number of nitriles is 1. The Labute approximate surface area is 209 Å². The second-order valence-corrected chi connectivity index (χ2v) is 8.01. The topological polar surface area (TPSA) is 171 Å². The quantitative estimate of drug-likeness (QED) is 0.303. The van der Waals surface area contributed by atoms with Crippen LogP contribution in [0.2, 0.25) is 0 Å². The lowest BCUT2D eigenvalue weighted by Crippen LogP contribution is -2.41. The molecule has 0 spiro atoms. The molecule has 1 aliphatic heterocycles. The number of ether oxygens (including phenoxy) is 1. The fraction of sp³-hybridized carbons (Fsp3) is 0.250. The third kappa shape index (κ3) is 4.11. The molecule has 0 bridgehead atoms. The fourth-order valence-corrected chi connectivity index (χ4v) is 3.98. The lowest BCUT2D eigenvalue weighted by Gasteiger charge is -2.17. The smallest absolute Gasteiger partial charge is 0.251 e. The van der Waals surface area contributed by atoms with E-state index in [-0.39, 0.29) is 22.6 Å². The second kappa shape index (κ2) is 9.67. The van der Waals surface area contributed by atoms with Gasteiger partial charge < -0.3 is 25.6 Å². The molecule has 36 heavy (non-hydrogen) atoms. The summed E-state index contributed by atoms with van der Waals surface area (Å²) in [5.41, 5.74) is 2.04. The zero-order valence-corrected chi connectivity index (χ0v) is 18.6. The minimum Gasteiger partial charge on any atom is -0.387 e. The van der Waals surface area contributed by atoms with Gasteiger partial charge in [-0.25, -0.2) is 15.0 Å². The van der Waals surface area contributed by atoms with Gasteiger partial charge in [0, 0.05) is 30.0 Å². The summed E-state index contributed by atoms with van der Waals surface area (Å²) in [7, 11) is 0. The number of likely N-dealkylation sites (N-methyl/N-ethyl adjacent to an activating group) is 1. The first-order valence-corrected chi connectivity index (χ1v) is 10.9. The maximum absolute atomic E-state index is 12.4. The Kier molecular flexibility index (Phi) is 5.32. The number of hydrogen-bond acceptors (Lipinski definition) is 10. The Morgan fingerprint density at radius 1 is 1.25 bits per heavy atom. The summed E-state index contributed by atoms with van der Waals surface area (Å²) in [6.45, 7) is -2.43. The molecule has 3 aromatic heterocycles. The van der Waals surface area contributed by atoms with Crippen molar-refractivity contribution in [2.75, 3.05) is 12.3 Å². The Balaban J connectivity index is 1.57. The lowest BCUT2D eigenvalue weighted by molar-refractivity contribution is -0.137. The third-order valence-corrected chi connectivity index (χ3v) is 5.80. The van der Waals surface area contributed by atoms with Crippen LogP contribution in [0.3, 0.4) is 0 Å². The number of aromatic nitrogens is 5. The van der Waals surface area contributed by atoms with Crippen LogP contribution in [0.1, 0.15) is 21.5 Å². The van der Waals surface area contributed by atoms with Gasteiger partial charge in [0.1, 0.15) is 18.3 Å². The minimum absolute atomic E-state index is 0.134. The first-order valence-electron chi connectivity index (χ1n) is 12.4. The number of benzene rings is 1. The van der Waals surface area contributed by atoms with E-state index in [4.69, 9.17) is 8.85 Å². The molecular formula is C24H22N8O4. The number of amides is 1. The van der Waals surface area contributed by atoms with Crippen LogP contribution in [0, 0.1) is 11.3 Å². The summed E-state index contributed by atoms with van der Waals surface area (Å²) in [6.07, 6.45) is -2.14. The van der Waals surface area contributed by atoms with Crippen molar-refractivity contribution in [3.63, 3.8) is 0 Å². The molecule has 12 heteroatoms. The lowest BCUT2D eigenvalue weighted by atomic mass is 10.1. The molecule has 4 N–H and O–H groups in total. The molecule has 5 rings (SSSR count). The predicted molar refractivity (Wildman–Crippen MR) is 127 cm³/mol. The van der Waals surface area contributed by atoms with Gasteiger partial charge in [0.15, 0.2) is 35.1 Å². The Morgan fingerprint density at radius 3 is 2.86 bits per heavy atom. The summed E-state index contributed by atoms with van der Waals surface area (Å²) in [5.74, 6) is -0.660. The number of pyridine rings is 1. The van der Waals surface area contributed by atoms with Gasteiger partial charge in [-0.15, -0.1) is 0 Å². The molecule has 1 fully saturated rings. The molecular weight excluding hydrogens is 464 g/mol. The average Bonchev–Trinajstić information content (AvgIpc) is 3.47. The van der Waals surface area contributed by atoms with Gasteiger partial charge in [-0.05, 0) is 11.6 Å². The van der Waals surface area contributed by atoms with Gasteiger partial charge in [0.05, 0.1) is 17.5 Å². The number of fused-ring (bicyclic) bond motifs is 1. The van der Waals surface area contributed by atoms with Crippen LogP contribution in [-0.2, 0) is 16.1 Å². The second-order valence-electron chi connectivity index (χ2n) is 8.01. The molecule has 0 radical (unpaired) electrons. The fourth-order valence-electron chi connectivity index (χ4n) is 3.98. The molecule has 4 atom stereocenters. The number of carbonyl (C=O) groups is 1. The molecule has 0 unspecified atom stereocenters. The van der Waals surface area contributed by atoms with Crippen molar-refractivity contribution >= 4 is 22.9 Å². The van der Waals surface area contributed by atoms with Crippen LogP contribution < -0.4 is 10.6 Å². The summed E-state index contributed by atoms with van der Waals surface area (Å²) < 4.78 is 28.6. The summed E-state index contributed by atoms with van der Waals surface area (Å²) in [6, 6.07) is 13.1. The van der Waals surface area contributed by atoms with E-state index in [1.807, 2.05) is 30.3 Å². The number of nitrogens with zero attached hydrogens (tertiary/aromatic N) is 6. The summed E-state index contributed by atoms with van der Waals surface area (Å²) in [5, 5.41) is 35.8. The van der Waals surface area contributed by atoms with Crippen LogP contribution in [0.25, 0.3) is 22.6 Å². The van der Waals surface area contributed by atoms with E-state index in [2.05, 4.69) is 31.3 Å².